The standard InChI is InChI=1S/C18H24N4O5S/c1-25-16-9-6-14(12-17(16)26-2)21-18(19)20-10-11-27-15-7-4-13(5-8-15)22-28(3,23)24/h4-9,12,22H,10-11H2,1-3H3,(H3,19,20,21). The summed E-state index contributed by atoms with van der Waals surface area (Å²) in [6.07, 6.45) is 1.09. The lowest BCUT2D eigenvalue weighted by Gasteiger charge is -2.11. The summed E-state index contributed by atoms with van der Waals surface area (Å²) in [6.45, 7) is 0.655. The van der Waals surface area contributed by atoms with Crippen LogP contribution in [-0.4, -0.2) is 48.0 Å². The quantitative estimate of drug-likeness (QED) is 0.329. The third kappa shape index (κ3) is 6.88. The van der Waals surface area contributed by atoms with E-state index < -0.39 is 10.0 Å². The SMILES string of the molecule is COc1ccc(NC(N)=NCCOc2ccc(NS(C)(=O)=O)cc2)cc1OC. The van der Waals surface area contributed by atoms with E-state index >= 15 is 0 Å². The van der Waals surface area contributed by atoms with Gasteiger partial charge in [0.05, 0.1) is 27.0 Å². The second kappa shape index (κ2) is 9.70. The normalized spacial score (nSPS) is 11.6. The number of hydrogen-bond donors (Lipinski definition) is 3. The first-order valence-corrected chi connectivity index (χ1v) is 10.2. The van der Waals surface area contributed by atoms with Crippen molar-refractivity contribution in [1.82, 2.24) is 0 Å². The number of rotatable bonds is 9. The van der Waals surface area contributed by atoms with Gasteiger partial charge in [-0.2, -0.15) is 0 Å². The van der Waals surface area contributed by atoms with Gasteiger partial charge in [-0.1, -0.05) is 0 Å². The molecule has 2 aromatic carbocycles. The van der Waals surface area contributed by atoms with E-state index in [9.17, 15) is 8.42 Å². The summed E-state index contributed by atoms with van der Waals surface area (Å²) in [4.78, 5) is 4.19. The Morgan fingerprint density at radius 3 is 2.29 bits per heavy atom. The molecule has 0 saturated heterocycles. The molecule has 2 rings (SSSR count). The molecule has 10 heteroatoms. The van der Waals surface area contributed by atoms with E-state index in [0.29, 0.717) is 41.8 Å². The maximum atomic E-state index is 11.2. The van der Waals surface area contributed by atoms with Crippen LogP contribution in [0.5, 0.6) is 17.2 Å². The number of nitrogens with two attached hydrogens (primary N) is 1. The molecule has 0 aromatic heterocycles. The summed E-state index contributed by atoms with van der Waals surface area (Å²) in [6, 6.07) is 11.9. The minimum absolute atomic E-state index is 0.239. The van der Waals surface area contributed by atoms with Crippen LogP contribution >= 0.6 is 0 Å². The van der Waals surface area contributed by atoms with Crippen LogP contribution in [0.2, 0.25) is 0 Å². The number of ether oxygens (including phenoxy) is 3. The zero-order valence-electron chi connectivity index (χ0n) is 15.9. The minimum Gasteiger partial charge on any atom is -0.493 e. The van der Waals surface area contributed by atoms with Crippen molar-refractivity contribution >= 4 is 27.4 Å². The smallest absolute Gasteiger partial charge is 0.229 e. The lowest BCUT2D eigenvalue weighted by molar-refractivity contribution is 0.329. The molecule has 0 spiro atoms. The highest BCUT2D eigenvalue weighted by Crippen LogP contribution is 2.29. The van der Waals surface area contributed by atoms with Crippen LogP contribution < -0.4 is 30.0 Å². The van der Waals surface area contributed by atoms with E-state index in [1.807, 2.05) is 0 Å². The Labute approximate surface area is 164 Å². The van der Waals surface area contributed by atoms with Gasteiger partial charge in [0, 0.05) is 17.4 Å². The molecule has 2 aromatic rings. The zero-order valence-corrected chi connectivity index (χ0v) is 16.7. The lowest BCUT2D eigenvalue weighted by Crippen LogP contribution is -2.23. The molecule has 0 aliphatic rings. The van der Waals surface area contributed by atoms with Crippen molar-refractivity contribution in [2.24, 2.45) is 10.7 Å². The molecule has 0 saturated carbocycles. The minimum atomic E-state index is -3.30. The molecule has 0 radical (unpaired) electrons. The van der Waals surface area contributed by atoms with E-state index in [1.54, 1.807) is 56.7 Å². The molecule has 9 nitrogen and oxygen atoms in total. The second-order valence-electron chi connectivity index (χ2n) is 5.71. The van der Waals surface area contributed by atoms with Crippen molar-refractivity contribution in [1.29, 1.82) is 0 Å². The first-order valence-electron chi connectivity index (χ1n) is 8.30. The van der Waals surface area contributed by atoms with Gasteiger partial charge in [-0.15, -0.1) is 0 Å². The summed E-state index contributed by atoms with van der Waals surface area (Å²) < 4.78 is 40.7. The van der Waals surface area contributed by atoms with Crippen molar-refractivity contribution in [3.8, 4) is 17.2 Å². The van der Waals surface area contributed by atoms with Crippen molar-refractivity contribution in [3.63, 3.8) is 0 Å². The summed E-state index contributed by atoms with van der Waals surface area (Å²) in [5.74, 6) is 2.04. The largest absolute Gasteiger partial charge is 0.493 e. The summed E-state index contributed by atoms with van der Waals surface area (Å²) in [5, 5.41) is 2.97. The van der Waals surface area contributed by atoms with Gasteiger partial charge in [0.25, 0.3) is 0 Å². The van der Waals surface area contributed by atoms with Crippen LogP contribution in [0.25, 0.3) is 0 Å². The van der Waals surface area contributed by atoms with Crippen molar-refractivity contribution < 1.29 is 22.6 Å². The van der Waals surface area contributed by atoms with Crippen LogP contribution in [0.3, 0.4) is 0 Å². The van der Waals surface area contributed by atoms with Crippen LogP contribution in [-0.2, 0) is 10.0 Å². The molecule has 0 amide bonds. The zero-order chi connectivity index (χ0) is 20.6. The Hall–Kier alpha value is -3.14. The second-order valence-corrected chi connectivity index (χ2v) is 7.46. The number of benzene rings is 2. The highest BCUT2D eigenvalue weighted by atomic mass is 32.2. The highest BCUT2D eigenvalue weighted by molar-refractivity contribution is 7.92. The number of anilines is 2. The van der Waals surface area contributed by atoms with E-state index in [1.165, 1.54) is 0 Å². The van der Waals surface area contributed by atoms with Crippen LogP contribution in [0.4, 0.5) is 11.4 Å². The van der Waals surface area contributed by atoms with E-state index in [0.717, 1.165) is 6.26 Å². The monoisotopic (exact) mass is 408 g/mol. The molecule has 152 valence electrons. The molecule has 0 heterocycles. The third-order valence-electron chi connectivity index (χ3n) is 3.46. The Kier molecular flexibility index (Phi) is 7.33. The van der Waals surface area contributed by atoms with Gasteiger partial charge in [0.15, 0.2) is 17.5 Å². The van der Waals surface area contributed by atoms with E-state index in [-0.39, 0.29) is 5.96 Å². The maximum Gasteiger partial charge on any atom is 0.229 e. The molecule has 0 unspecified atom stereocenters. The number of aliphatic imine (C=N–C) groups is 1. The van der Waals surface area contributed by atoms with Gasteiger partial charge >= 0.3 is 0 Å². The Balaban J connectivity index is 1.82. The molecule has 0 bridgehead atoms. The number of nitrogens with zero attached hydrogens (tertiary/aromatic N) is 1. The average Bonchev–Trinajstić information content (AvgIpc) is 2.65. The molecule has 28 heavy (non-hydrogen) atoms. The van der Waals surface area contributed by atoms with Crippen LogP contribution in [0.1, 0.15) is 0 Å². The van der Waals surface area contributed by atoms with Crippen molar-refractivity contribution in [2.75, 3.05) is 43.7 Å². The number of hydrogen-bond acceptors (Lipinski definition) is 6. The first kappa shape index (κ1) is 21.2. The van der Waals surface area contributed by atoms with Gasteiger partial charge in [-0.3, -0.25) is 4.72 Å². The number of sulfonamides is 1. The number of methoxy groups -OCH3 is 2. The van der Waals surface area contributed by atoms with Gasteiger partial charge < -0.3 is 25.3 Å². The first-order chi connectivity index (χ1) is 13.3. The predicted molar refractivity (Wildman–Crippen MR) is 110 cm³/mol. The Bertz CT molecular complexity index is 914. The molecule has 4 N–H and O–H groups in total. The number of guanidine groups is 1. The summed E-state index contributed by atoms with van der Waals surface area (Å²) >= 11 is 0. The van der Waals surface area contributed by atoms with Crippen LogP contribution in [0.15, 0.2) is 47.5 Å². The van der Waals surface area contributed by atoms with Crippen molar-refractivity contribution in [2.45, 2.75) is 0 Å². The molecule has 0 atom stereocenters. The summed E-state index contributed by atoms with van der Waals surface area (Å²) in [5.41, 5.74) is 7.06. The molecule has 0 aliphatic heterocycles. The van der Waals surface area contributed by atoms with E-state index in [4.69, 9.17) is 19.9 Å². The molecule has 0 fully saturated rings. The average molecular weight is 408 g/mol. The van der Waals surface area contributed by atoms with Gasteiger partial charge in [-0.25, -0.2) is 13.4 Å². The summed E-state index contributed by atoms with van der Waals surface area (Å²) in [7, 11) is -0.177. The molecular weight excluding hydrogens is 384 g/mol. The van der Waals surface area contributed by atoms with E-state index in [2.05, 4.69) is 15.0 Å². The van der Waals surface area contributed by atoms with Crippen molar-refractivity contribution in [3.05, 3.63) is 42.5 Å². The fourth-order valence-corrected chi connectivity index (χ4v) is 2.83. The maximum absolute atomic E-state index is 11.2. The van der Waals surface area contributed by atoms with Gasteiger partial charge in [-0.05, 0) is 36.4 Å². The highest BCUT2D eigenvalue weighted by Gasteiger charge is 2.05. The molecular formula is C18H24N4O5S. The van der Waals surface area contributed by atoms with Gasteiger partial charge in [0.2, 0.25) is 10.0 Å². The van der Waals surface area contributed by atoms with Crippen LogP contribution in [0, 0.1) is 0 Å². The topological polar surface area (TPSA) is 124 Å². The predicted octanol–water partition coefficient (Wildman–Crippen LogP) is 1.88. The van der Waals surface area contributed by atoms with Gasteiger partial charge in [0.1, 0.15) is 12.4 Å². The fraction of sp³-hybridized carbons (Fsp3) is 0.278. The number of nitrogens with one attached hydrogen (secondary N) is 2. The fourth-order valence-electron chi connectivity index (χ4n) is 2.26. The third-order valence-corrected chi connectivity index (χ3v) is 4.06. The Morgan fingerprint density at radius 1 is 1.04 bits per heavy atom. The lowest BCUT2D eigenvalue weighted by atomic mass is 10.3. The Morgan fingerprint density at radius 2 is 1.68 bits per heavy atom. The molecule has 0 aliphatic carbocycles.